The third kappa shape index (κ3) is 4.33. The minimum absolute atomic E-state index is 0.171. The van der Waals surface area contributed by atoms with Crippen molar-refractivity contribution in [3.8, 4) is 0 Å². The molecular formula is C23H19BrN4O4S. The number of carbonyl (C=O) groups is 3. The van der Waals surface area contributed by atoms with E-state index in [1.165, 1.54) is 16.7 Å². The van der Waals surface area contributed by atoms with Gasteiger partial charge in [-0.15, -0.1) is 0 Å². The average molecular weight is 527 g/mol. The number of hydrogen-bond donors (Lipinski definition) is 1. The maximum Gasteiger partial charge on any atom is 0.287 e. The van der Waals surface area contributed by atoms with Gasteiger partial charge >= 0.3 is 0 Å². The molecule has 3 amide bonds. The summed E-state index contributed by atoms with van der Waals surface area (Å²) in [4.78, 5) is 46.9. The zero-order valence-corrected chi connectivity index (χ0v) is 19.8. The molecule has 3 aliphatic heterocycles. The van der Waals surface area contributed by atoms with Crippen LogP contribution in [0.5, 0.6) is 0 Å². The van der Waals surface area contributed by atoms with Crippen molar-refractivity contribution in [1.82, 2.24) is 4.90 Å². The summed E-state index contributed by atoms with van der Waals surface area (Å²) in [5.41, 5.74) is 2.15. The fraction of sp³-hybridized carbons (Fsp3) is 0.217. The number of carbonyl (C=O) groups excluding carboxylic acids is 3. The largest absolute Gasteiger partial charge is 0.378 e. The molecule has 0 radical (unpaired) electrons. The zero-order valence-electron chi connectivity index (χ0n) is 17.4. The second-order valence-corrected chi connectivity index (χ2v) is 9.47. The number of fused-ring (bicyclic) bond motifs is 1. The molecule has 0 atom stereocenters. The zero-order chi connectivity index (χ0) is 22.9. The first kappa shape index (κ1) is 21.9. The van der Waals surface area contributed by atoms with Crippen LogP contribution < -0.4 is 10.2 Å². The Hall–Kier alpha value is -2.95. The molecule has 0 aromatic heterocycles. The minimum Gasteiger partial charge on any atom is -0.378 e. The standard InChI is InChI=1S/C23H19BrN4O4S/c24-14-4-3-5-15(12-14)25-18(29)13-28-17-7-2-1-6-16(17)19(22(28)31)20-21(30)26-23(33-20)27-8-10-32-11-9-27/h1-7,12H,8-11,13H2,(H,25,29)/b20-19+. The van der Waals surface area contributed by atoms with E-state index in [-0.39, 0.29) is 18.4 Å². The number of aliphatic imine (C=N–C) groups is 1. The Labute approximate surface area is 202 Å². The lowest BCUT2D eigenvalue weighted by Gasteiger charge is -2.27. The molecule has 1 N–H and O–H groups in total. The number of ether oxygens (including phenoxy) is 1. The van der Waals surface area contributed by atoms with E-state index in [1.54, 1.807) is 30.3 Å². The molecule has 8 nitrogen and oxygen atoms in total. The molecule has 1 fully saturated rings. The molecule has 0 unspecified atom stereocenters. The molecule has 5 rings (SSSR count). The van der Waals surface area contributed by atoms with Gasteiger partial charge in [-0.3, -0.25) is 19.3 Å². The van der Waals surface area contributed by atoms with Crippen molar-refractivity contribution in [2.24, 2.45) is 4.99 Å². The summed E-state index contributed by atoms with van der Waals surface area (Å²) >= 11 is 4.59. The minimum atomic E-state index is -0.430. The van der Waals surface area contributed by atoms with Gasteiger partial charge in [-0.05, 0) is 36.0 Å². The first-order chi connectivity index (χ1) is 16.0. The Bertz CT molecular complexity index is 1220. The predicted molar refractivity (Wildman–Crippen MR) is 131 cm³/mol. The van der Waals surface area contributed by atoms with Gasteiger partial charge < -0.3 is 15.0 Å². The molecule has 168 valence electrons. The number of halogens is 1. The molecule has 2 aromatic carbocycles. The first-order valence-corrected chi connectivity index (χ1v) is 12.0. The second-order valence-electron chi connectivity index (χ2n) is 7.57. The van der Waals surface area contributed by atoms with Gasteiger partial charge in [0.1, 0.15) is 6.54 Å². The van der Waals surface area contributed by atoms with E-state index in [0.29, 0.717) is 58.9 Å². The highest BCUT2D eigenvalue weighted by Gasteiger charge is 2.40. The number of para-hydroxylation sites is 1. The summed E-state index contributed by atoms with van der Waals surface area (Å²) in [6.07, 6.45) is 0. The van der Waals surface area contributed by atoms with Crippen molar-refractivity contribution in [2.75, 3.05) is 43.1 Å². The van der Waals surface area contributed by atoms with E-state index < -0.39 is 5.91 Å². The van der Waals surface area contributed by atoms with Crippen LogP contribution in [-0.4, -0.2) is 60.6 Å². The molecule has 0 aliphatic carbocycles. The van der Waals surface area contributed by atoms with Crippen molar-refractivity contribution in [3.05, 3.63) is 63.5 Å². The maximum atomic E-state index is 13.5. The van der Waals surface area contributed by atoms with Gasteiger partial charge in [0.25, 0.3) is 11.8 Å². The number of thioether (sulfide) groups is 1. The third-order valence-electron chi connectivity index (χ3n) is 5.43. The molecule has 1 saturated heterocycles. The van der Waals surface area contributed by atoms with Gasteiger partial charge in [0.05, 0.1) is 29.4 Å². The smallest absolute Gasteiger partial charge is 0.287 e. The van der Waals surface area contributed by atoms with Crippen LogP contribution in [0.3, 0.4) is 0 Å². The average Bonchev–Trinajstić information content (AvgIpc) is 3.31. The summed E-state index contributed by atoms with van der Waals surface area (Å²) in [6, 6.07) is 14.4. The summed E-state index contributed by atoms with van der Waals surface area (Å²) in [6.45, 7) is 2.27. The van der Waals surface area contributed by atoms with Crippen molar-refractivity contribution < 1.29 is 19.1 Å². The van der Waals surface area contributed by atoms with Crippen molar-refractivity contribution in [2.45, 2.75) is 0 Å². The molecule has 0 spiro atoms. The Kier molecular flexibility index (Phi) is 6.05. The summed E-state index contributed by atoms with van der Waals surface area (Å²) < 4.78 is 6.21. The lowest BCUT2D eigenvalue weighted by atomic mass is 10.1. The van der Waals surface area contributed by atoms with E-state index >= 15 is 0 Å². The van der Waals surface area contributed by atoms with Crippen molar-refractivity contribution >= 4 is 67.5 Å². The number of anilines is 2. The van der Waals surface area contributed by atoms with Crippen LogP contribution in [-0.2, 0) is 19.1 Å². The van der Waals surface area contributed by atoms with Crippen LogP contribution >= 0.6 is 27.7 Å². The number of morpholine rings is 1. The van der Waals surface area contributed by atoms with Crippen LogP contribution in [0.2, 0.25) is 0 Å². The maximum absolute atomic E-state index is 13.5. The topological polar surface area (TPSA) is 91.3 Å². The second kappa shape index (κ2) is 9.12. The summed E-state index contributed by atoms with van der Waals surface area (Å²) in [7, 11) is 0. The number of rotatable bonds is 3. The molecule has 3 aliphatic rings. The summed E-state index contributed by atoms with van der Waals surface area (Å²) in [5, 5.41) is 3.40. The molecule has 3 heterocycles. The molecular weight excluding hydrogens is 508 g/mol. The Morgan fingerprint density at radius 2 is 1.91 bits per heavy atom. The first-order valence-electron chi connectivity index (χ1n) is 10.4. The van der Waals surface area contributed by atoms with Gasteiger partial charge in [0.2, 0.25) is 5.91 Å². The molecule has 2 aromatic rings. The highest BCUT2D eigenvalue weighted by atomic mass is 79.9. The van der Waals surface area contributed by atoms with Crippen LogP contribution in [0.4, 0.5) is 11.4 Å². The van der Waals surface area contributed by atoms with Gasteiger partial charge in [0, 0.05) is 28.8 Å². The highest BCUT2D eigenvalue weighted by molar-refractivity contribution is 9.10. The molecule has 0 bridgehead atoms. The Balaban J connectivity index is 1.41. The van der Waals surface area contributed by atoms with E-state index in [9.17, 15) is 14.4 Å². The number of nitrogens with zero attached hydrogens (tertiary/aromatic N) is 3. The Morgan fingerprint density at radius 1 is 1.12 bits per heavy atom. The molecule has 33 heavy (non-hydrogen) atoms. The highest BCUT2D eigenvalue weighted by Crippen LogP contribution is 2.43. The quantitative estimate of drug-likeness (QED) is 0.618. The lowest BCUT2D eigenvalue weighted by molar-refractivity contribution is -0.118. The van der Waals surface area contributed by atoms with Crippen LogP contribution in [0.1, 0.15) is 5.56 Å². The van der Waals surface area contributed by atoms with E-state index in [2.05, 4.69) is 26.2 Å². The van der Waals surface area contributed by atoms with Gasteiger partial charge in [-0.1, -0.05) is 40.2 Å². The van der Waals surface area contributed by atoms with E-state index in [0.717, 1.165) is 4.47 Å². The fourth-order valence-corrected chi connectivity index (χ4v) is 5.36. The normalized spacial score (nSPS) is 20.2. The van der Waals surface area contributed by atoms with Crippen molar-refractivity contribution in [1.29, 1.82) is 0 Å². The number of hydrogen-bond acceptors (Lipinski definition) is 6. The molecule has 0 saturated carbocycles. The lowest BCUT2D eigenvalue weighted by Crippen LogP contribution is -2.38. The number of amidine groups is 1. The van der Waals surface area contributed by atoms with Gasteiger partial charge in [-0.25, -0.2) is 0 Å². The number of nitrogens with one attached hydrogen (secondary N) is 1. The number of benzene rings is 2. The van der Waals surface area contributed by atoms with Gasteiger partial charge in [0.15, 0.2) is 5.17 Å². The summed E-state index contributed by atoms with van der Waals surface area (Å²) in [5.74, 6) is -1.15. The SMILES string of the molecule is O=C(CN1C(=O)/C(=C2/SC(N3CCOCC3)=NC2=O)c2ccccc21)Nc1cccc(Br)c1. The monoisotopic (exact) mass is 526 g/mol. The van der Waals surface area contributed by atoms with Crippen molar-refractivity contribution in [3.63, 3.8) is 0 Å². The van der Waals surface area contributed by atoms with E-state index in [1.807, 2.05) is 23.1 Å². The number of amides is 3. The van der Waals surface area contributed by atoms with Crippen LogP contribution in [0.15, 0.2) is 62.9 Å². The third-order valence-corrected chi connectivity index (χ3v) is 7.03. The predicted octanol–water partition coefficient (Wildman–Crippen LogP) is 3.11. The Morgan fingerprint density at radius 3 is 2.70 bits per heavy atom. The van der Waals surface area contributed by atoms with Crippen LogP contribution in [0, 0.1) is 0 Å². The van der Waals surface area contributed by atoms with E-state index in [4.69, 9.17) is 4.74 Å². The van der Waals surface area contributed by atoms with Gasteiger partial charge in [-0.2, -0.15) is 4.99 Å². The fourth-order valence-electron chi connectivity index (χ4n) is 3.91. The molecule has 10 heteroatoms. The van der Waals surface area contributed by atoms with Crippen LogP contribution in [0.25, 0.3) is 5.57 Å².